The second kappa shape index (κ2) is 6.75. The number of rotatable bonds is 6. The molecule has 20 heavy (non-hydrogen) atoms. The van der Waals surface area contributed by atoms with Crippen molar-refractivity contribution in [3.05, 3.63) is 41.1 Å². The Morgan fingerprint density at radius 3 is 2.15 bits per heavy atom. The number of benzene rings is 1. The van der Waals surface area contributed by atoms with Crippen molar-refractivity contribution in [1.82, 2.24) is 0 Å². The lowest BCUT2D eigenvalue weighted by Gasteiger charge is -2.27. The van der Waals surface area contributed by atoms with Crippen molar-refractivity contribution in [3.8, 4) is 0 Å². The van der Waals surface area contributed by atoms with Crippen LogP contribution in [-0.2, 0) is 9.59 Å². The van der Waals surface area contributed by atoms with Gasteiger partial charge < -0.3 is 15.1 Å². The number of aliphatic carboxylic acids is 2. The quantitative estimate of drug-likeness (QED) is 0.475. The van der Waals surface area contributed by atoms with Gasteiger partial charge in [-0.05, 0) is 38.0 Å². The molecule has 0 unspecified atom stereocenters. The van der Waals surface area contributed by atoms with E-state index < -0.39 is 17.5 Å². The first-order valence-corrected chi connectivity index (χ1v) is 6.46. The Bertz CT molecular complexity index is 533. The highest BCUT2D eigenvalue weighted by Gasteiger charge is 2.25. The third-order valence-electron chi connectivity index (χ3n) is 3.01. The minimum Gasteiger partial charge on any atom is -0.477 e. The van der Waals surface area contributed by atoms with Gasteiger partial charge in [-0.25, -0.2) is 9.59 Å². The number of carboxylic acids is 2. The van der Waals surface area contributed by atoms with Crippen LogP contribution in [0.15, 0.2) is 35.5 Å². The Labute approximate surface area is 118 Å². The predicted octanol–water partition coefficient (Wildman–Crippen LogP) is 2.65. The SMILES string of the molecule is CCC(=C(C(=O)O)C(=O)O)N(CC)c1cccc(C)c1. The van der Waals surface area contributed by atoms with Crippen molar-refractivity contribution in [1.29, 1.82) is 0 Å². The molecule has 0 aliphatic heterocycles. The fourth-order valence-corrected chi connectivity index (χ4v) is 2.17. The number of hydrogen-bond acceptors (Lipinski definition) is 3. The number of aryl methyl sites for hydroxylation is 1. The van der Waals surface area contributed by atoms with Gasteiger partial charge >= 0.3 is 11.9 Å². The van der Waals surface area contributed by atoms with Crippen molar-refractivity contribution in [3.63, 3.8) is 0 Å². The highest BCUT2D eigenvalue weighted by atomic mass is 16.4. The summed E-state index contributed by atoms with van der Waals surface area (Å²) in [6.45, 7) is 6.04. The number of allylic oxidation sites excluding steroid dienone is 1. The molecule has 0 bridgehead atoms. The zero-order valence-electron chi connectivity index (χ0n) is 11.9. The predicted molar refractivity (Wildman–Crippen MR) is 76.8 cm³/mol. The van der Waals surface area contributed by atoms with Crippen LogP contribution < -0.4 is 4.90 Å². The highest BCUT2D eigenvalue weighted by Crippen LogP contribution is 2.24. The van der Waals surface area contributed by atoms with Crippen LogP contribution in [0.3, 0.4) is 0 Å². The summed E-state index contributed by atoms with van der Waals surface area (Å²) in [5.41, 5.74) is 1.56. The minimum absolute atomic E-state index is 0.304. The zero-order chi connectivity index (χ0) is 15.3. The molecule has 0 saturated carbocycles. The first kappa shape index (κ1) is 15.8. The number of carboxylic acid groups (broad SMARTS) is 2. The molecular formula is C15H19NO4. The molecule has 5 nitrogen and oxygen atoms in total. The van der Waals surface area contributed by atoms with Gasteiger partial charge in [-0.3, -0.25) is 0 Å². The molecule has 0 aliphatic carbocycles. The summed E-state index contributed by atoms with van der Waals surface area (Å²) in [5.74, 6) is -2.83. The van der Waals surface area contributed by atoms with Crippen molar-refractivity contribution in [2.45, 2.75) is 27.2 Å². The lowest BCUT2D eigenvalue weighted by Crippen LogP contribution is -2.27. The molecule has 0 spiro atoms. The molecule has 0 atom stereocenters. The van der Waals surface area contributed by atoms with Gasteiger partial charge in [-0.2, -0.15) is 0 Å². The monoisotopic (exact) mass is 277 g/mol. The maximum Gasteiger partial charge on any atom is 0.344 e. The van der Waals surface area contributed by atoms with E-state index in [-0.39, 0.29) is 0 Å². The molecule has 0 amide bonds. The van der Waals surface area contributed by atoms with Crippen LogP contribution in [-0.4, -0.2) is 28.7 Å². The molecule has 0 fully saturated rings. The van der Waals surface area contributed by atoms with E-state index in [4.69, 9.17) is 10.2 Å². The lowest BCUT2D eigenvalue weighted by molar-refractivity contribution is -0.140. The number of hydrogen-bond donors (Lipinski definition) is 2. The summed E-state index contributed by atoms with van der Waals surface area (Å²) in [7, 11) is 0. The highest BCUT2D eigenvalue weighted by molar-refractivity contribution is 6.13. The van der Waals surface area contributed by atoms with Crippen LogP contribution in [0, 0.1) is 6.92 Å². The molecule has 0 saturated heterocycles. The normalized spacial score (nSPS) is 9.95. The van der Waals surface area contributed by atoms with E-state index in [0.29, 0.717) is 18.7 Å². The van der Waals surface area contributed by atoms with Gasteiger partial charge in [-0.1, -0.05) is 19.1 Å². The van der Waals surface area contributed by atoms with Crippen molar-refractivity contribution < 1.29 is 19.8 Å². The average Bonchev–Trinajstić information content (AvgIpc) is 2.37. The van der Waals surface area contributed by atoms with E-state index >= 15 is 0 Å². The van der Waals surface area contributed by atoms with Crippen LogP contribution in [0.2, 0.25) is 0 Å². The van der Waals surface area contributed by atoms with Gasteiger partial charge in [0.25, 0.3) is 0 Å². The molecule has 1 aromatic rings. The number of nitrogens with zero attached hydrogens (tertiary/aromatic N) is 1. The van der Waals surface area contributed by atoms with E-state index in [9.17, 15) is 9.59 Å². The average molecular weight is 277 g/mol. The maximum absolute atomic E-state index is 11.2. The van der Waals surface area contributed by atoms with Crippen LogP contribution >= 0.6 is 0 Å². The molecule has 0 heterocycles. The fourth-order valence-electron chi connectivity index (χ4n) is 2.17. The van der Waals surface area contributed by atoms with Crippen molar-refractivity contribution in [2.24, 2.45) is 0 Å². The summed E-state index contributed by atoms with van der Waals surface area (Å²) in [6.07, 6.45) is 0.329. The molecule has 1 aromatic carbocycles. The molecule has 2 N–H and O–H groups in total. The Balaban J connectivity index is 3.43. The second-order valence-corrected chi connectivity index (χ2v) is 4.37. The lowest BCUT2D eigenvalue weighted by atomic mass is 10.1. The Kier molecular flexibility index (Phi) is 5.32. The molecule has 5 heteroatoms. The van der Waals surface area contributed by atoms with Gasteiger partial charge in [0, 0.05) is 17.9 Å². The fraction of sp³-hybridized carbons (Fsp3) is 0.333. The largest absolute Gasteiger partial charge is 0.477 e. The zero-order valence-corrected chi connectivity index (χ0v) is 11.9. The Hall–Kier alpha value is -2.30. The summed E-state index contributed by atoms with van der Waals surface area (Å²) in [5, 5.41) is 18.3. The topological polar surface area (TPSA) is 77.8 Å². The molecule has 1 rings (SSSR count). The van der Waals surface area contributed by atoms with E-state index in [1.165, 1.54) is 0 Å². The van der Waals surface area contributed by atoms with Gasteiger partial charge in [0.15, 0.2) is 5.57 Å². The molecule has 108 valence electrons. The second-order valence-electron chi connectivity index (χ2n) is 4.37. The summed E-state index contributed by atoms with van der Waals surface area (Å²) >= 11 is 0. The number of carbonyl (C=O) groups is 2. The Morgan fingerprint density at radius 2 is 1.75 bits per heavy atom. The summed E-state index contributed by atoms with van der Waals surface area (Å²) in [6, 6.07) is 7.54. The standard InChI is InChI=1S/C15H19NO4/c1-4-12(13(14(17)18)15(19)20)16(5-2)11-8-6-7-10(3)9-11/h6-9H,4-5H2,1-3H3,(H,17,18)(H,19,20). The molecule has 0 aromatic heterocycles. The first-order valence-electron chi connectivity index (χ1n) is 6.46. The van der Waals surface area contributed by atoms with Gasteiger partial charge in [-0.15, -0.1) is 0 Å². The van der Waals surface area contributed by atoms with E-state index in [1.807, 2.05) is 38.1 Å². The van der Waals surface area contributed by atoms with Gasteiger partial charge in [0.2, 0.25) is 0 Å². The maximum atomic E-state index is 11.2. The van der Waals surface area contributed by atoms with Crippen LogP contribution in [0.25, 0.3) is 0 Å². The van der Waals surface area contributed by atoms with E-state index in [2.05, 4.69) is 0 Å². The van der Waals surface area contributed by atoms with Crippen molar-refractivity contribution >= 4 is 17.6 Å². The minimum atomic E-state index is -1.42. The van der Waals surface area contributed by atoms with Crippen LogP contribution in [0.5, 0.6) is 0 Å². The number of anilines is 1. The molecular weight excluding hydrogens is 258 g/mol. The summed E-state index contributed by atoms with van der Waals surface area (Å²) in [4.78, 5) is 24.1. The Morgan fingerprint density at radius 1 is 1.15 bits per heavy atom. The summed E-state index contributed by atoms with van der Waals surface area (Å²) < 4.78 is 0. The molecule has 0 aliphatic rings. The molecule has 0 radical (unpaired) electrons. The van der Waals surface area contributed by atoms with Crippen molar-refractivity contribution in [2.75, 3.05) is 11.4 Å². The third kappa shape index (κ3) is 3.38. The van der Waals surface area contributed by atoms with Crippen LogP contribution in [0.1, 0.15) is 25.8 Å². The third-order valence-corrected chi connectivity index (χ3v) is 3.01. The van der Waals surface area contributed by atoms with Crippen LogP contribution in [0.4, 0.5) is 5.69 Å². The smallest absolute Gasteiger partial charge is 0.344 e. The van der Waals surface area contributed by atoms with E-state index in [0.717, 1.165) is 11.3 Å². The van der Waals surface area contributed by atoms with E-state index in [1.54, 1.807) is 11.8 Å². The van der Waals surface area contributed by atoms with Gasteiger partial charge in [0.05, 0.1) is 0 Å². The van der Waals surface area contributed by atoms with Gasteiger partial charge in [0.1, 0.15) is 0 Å². The first-order chi connectivity index (χ1) is 9.42.